The molecular formula is C19H11BBrS2. The highest BCUT2D eigenvalue weighted by atomic mass is 79.9. The molecule has 0 amide bonds. The van der Waals surface area contributed by atoms with E-state index < -0.39 is 0 Å². The predicted molar refractivity (Wildman–Crippen MR) is 111 cm³/mol. The Bertz CT molecular complexity index is 1220. The first-order valence-corrected chi connectivity index (χ1v) is 9.93. The smallest absolute Gasteiger partial charge is 0.134 e. The van der Waals surface area contributed by atoms with Crippen LogP contribution in [0, 0.1) is 0 Å². The van der Waals surface area contributed by atoms with Crippen molar-refractivity contribution >= 4 is 91.7 Å². The van der Waals surface area contributed by atoms with E-state index in [0.29, 0.717) is 0 Å². The van der Waals surface area contributed by atoms with Gasteiger partial charge in [-0.15, -0.1) is 22.7 Å². The monoisotopic (exact) mass is 393 g/mol. The molecule has 0 saturated carbocycles. The van der Waals surface area contributed by atoms with E-state index in [1.807, 2.05) is 22.7 Å². The van der Waals surface area contributed by atoms with Crippen LogP contribution in [-0.4, -0.2) is 7.28 Å². The van der Waals surface area contributed by atoms with E-state index >= 15 is 0 Å². The second-order valence-electron chi connectivity index (χ2n) is 5.71. The molecule has 0 spiro atoms. The number of fused-ring (bicyclic) bond motifs is 7. The number of hydrogen-bond acceptors (Lipinski definition) is 2. The van der Waals surface area contributed by atoms with Crippen LogP contribution < -0.4 is 5.46 Å². The van der Waals surface area contributed by atoms with Crippen LogP contribution in [0.2, 0.25) is 6.82 Å². The third kappa shape index (κ3) is 2.02. The summed E-state index contributed by atoms with van der Waals surface area (Å²) in [6.07, 6.45) is 0. The molecule has 2 heterocycles. The van der Waals surface area contributed by atoms with Crippen molar-refractivity contribution in [3.8, 4) is 0 Å². The van der Waals surface area contributed by atoms with E-state index in [9.17, 15) is 0 Å². The highest BCUT2D eigenvalue weighted by Crippen LogP contribution is 2.44. The van der Waals surface area contributed by atoms with Gasteiger partial charge in [-0.2, -0.15) is 0 Å². The zero-order valence-corrected chi connectivity index (χ0v) is 15.6. The zero-order valence-electron chi connectivity index (χ0n) is 12.4. The van der Waals surface area contributed by atoms with Gasteiger partial charge in [0.1, 0.15) is 7.28 Å². The Labute approximate surface area is 151 Å². The lowest BCUT2D eigenvalue weighted by atomic mass is 9.73. The quantitative estimate of drug-likeness (QED) is 0.283. The van der Waals surface area contributed by atoms with Gasteiger partial charge >= 0.3 is 0 Å². The Kier molecular flexibility index (Phi) is 3.09. The molecule has 0 saturated heterocycles. The Morgan fingerprint density at radius 1 is 0.739 bits per heavy atom. The molecule has 23 heavy (non-hydrogen) atoms. The van der Waals surface area contributed by atoms with Crippen LogP contribution in [0.3, 0.4) is 0 Å². The van der Waals surface area contributed by atoms with Gasteiger partial charge < -0.3 is 0 Å². The summed E-state index contributed by atoms with van der Waals surface area (Å²) in [6, 6.07) is 17.9. The number of halogens is 1. The summed E-state index contributed by atoms with van der Waals surface area (Å²) in [6.45, 7) is 2.10. The maximum Gasteiger partial charge on any atom is 0.148 e. The molecular weight excluding hydrogens is 383 g/mol. The summed E-state index contributed by atoms with van der Waals surface area (Å²) >= 11 is 7.42. The van der Waals surface area contributed by atoms with Crippen LogP contribution in [0.1, 0.15) is 0 Å². The van der Waals surface area contributed by atoms with Gasteiger partial charge in [0.25, 0.3) is 0 Å². The normalized spacial score (nSPS) is 11.9. The summed E-state index contributed by atoms with van der Waals surface area (Å²) in [7, 11) is 2.17. The first kappa shape index (κ1) is 14.0. The molecule has 0 bridgehead atoms. The van der Waals surface area contributed by atoms with Gasteiger partial charge in [-0.3, -0.25) is 0 Å². The van der Waals surface area contributed by atoms with Crippen molar-refractivity contribution in [1.29, 1.82) is 0 Å². The lowest BCUT2D eigenvalue weighted by Gasteiger charge is -1.97. The SMILES string of the molecule is C[B]c1ccc2sc3c(ccc4c5cc(Br)ccc5sc43)c2c1. The summed E-state index contributed by atoms with van der Waals surface area (Å²) < 4.78 is 6.71. The Morgan fingerprint density at radius 3 is 2.00 bits per heavy atom. The van der Waals surface area contributed by atoms with Gasteiger partial charge in [-0.05, 0) is 29.7 Å². The van der Waals surface area contributed by atoms with Crippen molar-refractivity contribution in [2.24, 2.45) is 0 Å². The topological polar surface area (TPSA) is 0 Å². The summed E-state index contributed by atoms with van der Waals surface area (Å²) in [4.78, 5) is 0. The van der Waals surface area contributed by atoms with Gasteiger partial charge in [0.2, 0.25) is 0 Å². The van der Waals surface area contributed by atoms with E-state index in [-0.39, 0.29) is 0 Å². The molecule has 5 aromatic rings. The average molecular weight is 394 g/mol. The molecule has 4 heteroatoms. The predicted octanol–water partition coefficient (Wildman–Crippen LogP) is 6.56. The van der Waals surface area contributed by atoms with Gasteiger partial charge in [-0.1, -0.05) is 52.5 Å². The second kappa shape index (κ2) is 5.07. The molecule has 1 radical (unpaired) electrons. The number of thiophene rings is 2. The maximum atomic E-state index is 3.60. The lowest BCUT2D eigenvalue weighted by Crippen LogP contribution is -2.08. The van der Waals surface area contributed by atoms with Crippen LogP contribution in [0.25, 0.3) is 40.3 Å². The summed E-state index contributed by atoms with van der Waals surface area (Å²) in [5, 5.41) is 5.47. The fourth-order valence-electron chi connectivity index (χ4n) is 3.24. The Hall–Kier alpha value is -1.36. The molecule has 0 fully saturated rings. The highest BCUT2D eigenvalue weighted by molar-refractivity contribution is 9.10. The minimum atomic E-state index is 1.14. The summed E-state index contributed by atoms with van der Waals surface area (Å²) in [5.41, 5.74) is 1.29. The average Bonchev–Trinajstić information content (AvgIpc) is 3.12. The molecule has 0 unspecified atom stereocenters. The van der Waals surface area contributed by atoms with Crippen LogP contribution >= 0.6 is 38.6 Å². The van der Waals surface area contributed by atoms with E-state index in [2.05, 4.69) is 78.6 Å². The van der Waals surface area contributed by atoms with Crippen LogP contribution in [0.15, 0.2) is 53.0 Å². The molecule has 0 aliphatic rings. The maximum absolute atomic E-state index is 3.60. The van der Waals surface area contributed by atoms with Crippen molar-refractivity contribution in [1.82, 2.24) is 0 Å². The first-order valence-electron chi connectivity index (χ1n) is 7.51. The van der Waals surface area contributed by atoms with E-state index in [0.717, 1.165) is 4.47 Å². The van der Waals surface area contributed by atoms with Crippen molar-refractivity contribution in [3.05, 3.63) is 53.0 Å². The molecule has 0 aliphatic carbocycles. The molecule has 3 aromatic carbocycles. The fourth-order valence-corrected chi connectivity index (χ4v) is 6.10. The molecule has 0 aliphatic heterocycles. The molecule has 109 valence electrons. The molecule has 0 nitrogen and oxygen atoms in total. The molecule has 2 aromatic heterocycles. The first-order chi connectivity index (χ1) is 11.2. The minimum Gasteiger partial charge on any atom is -0.134 e. The van der Waals surface area contributed by atoms with Gasteiger partial charge in [-0.25, -0.2) is 0 Å². The zero-order chi connectivity index (χ0) is 15.6. The van der Waals surface area contributed by atoms with Gasteiger partial charge in [0.15, 0.2) is 0 Å². The van der Waals surface area contributed by atoms with E-state index in [1.54, 1.807) is 0 Å². The van der Waals surface area contributed by atoms with Crippen molar-refractivity contribution in [2.75, 3.05) is 0 Å². The number of rotatable bonds is 1. The Morgan fingerprint density at radius 2 is 1.35 bits per heavy atom. The number of benzene rings is 3. The largest absolute Gasteiger partial charge is 0.148 e. The van der Waals surface area contributed by atoms with Crippen molar-refractivity contribution in [2.45, 2.75) is 6.82 Å². The standard InChI is InChI=1S/C19H11BBrS2/c1-20-10-2-6-16-14(8-10)12-4-5-13-15-9-11(21)3-7-17(15)23-19(13)18(12)22-16/h2-9H,1H3. The van der Waals surface area contributed by atoms with Crippen LogP contribution in [0.5, 0.6) is 0 Å². The lowest BCUT2D eigenvalue weighted by molar-refractivity contribution is 1.77. The van der Waals surface area contributed by atoms with Crippen molar-refractivity contribution < 1.29 is 0 Å². The van der Waals surface area contributed by atoms with Crippen LogP contribution in [0.4, 0.5) is 0 Å². The highest BCUT2D eigenvalue weighted by Gasteiger charge is 2.13. The third-order valence-electron chi connectivity index (χ3n) is 4.40. The van der Waals surface area contributed by atoms with Crippen LogP contribution in [-0.2, 0) is 0 Å². The van der Waals surface area contributed by atoms with E-state index in [4.69, 9.17) is 0 Å². The molecule has 5 rings (SSSR count). The van der Waals surface area contributed by atoms with Crippen molar-refractivity contribution in [3.63, 3.8) is 0 Å². The third-order valence-corrected chi connectivity index (χ3v) is 7.43. The van der Waals surface area contributed by atoms with Gasteiger partial charge in [0, 0.05) is 30.0 Å². The molecule has 0 atom stereocenters. The fraction of sp³-hybridized carbons (Fsp3) is 0.0526. The molecule has 0 N–H and O–H groups in total. The second-order valence-corrected chi connectivity index (χ2v) is 8.73. The minimum absolute atomic E-state index is 1.14. The summed E-state index contributed by atoms with van der Waals surface area (Å²) in [5.74, 6) is 0. The van der Waals surface area contributed by atoms with Gasteiger partial charge in [0.05, 0.1) is 9.40 Å². The Balaban J connectivity index is 1.97. The van der Waals surface area contributed by atoms with E-state index in [1.165, 1.54) is 45.8 Å². The number of hydrogen-bond donors (Lipinski definition) is 0.